The summed E-state index contributed by atoms with van der Waals surface area (Å²) in [6, 6.07) is 92.5. The quantitative estimate of drug-likeness (QED) is 0.142. The third-order valence-corrected chi connectivity index (χ3v) is 16.6. The van der Waals surface area contributed by atoms with Crippen molar-refractivity contribution in [1.29, 1.82) is 0 Å². The Morgan fingerprint density at radius 1 is 0.405 bits per heavy atom. The van der Waals surface area contributed by atoms with Crippen molar-refractivity contribution in [1.82, 2.24) is 23.3 Å². The van der Waals surface area contributed by atoms with E-state index in [9.17, 15) is 0 Å². The van der Waals surface area contributed by atoms with Gasteiger partial charge in [0.1, 0.15) is 0 Å². The molecule has 0 aliphatic rings. The second kappa shape index (κ2) is 18.4. The molecule has 0 unspecified atom stereocenters. The van der Waals surface area contributed by atoms with Gasteiger partial charge in [0, 0.05) is 6.20 Å². The molecule has 0 bridgehead atoms. The molecule has 4 heterocycles. The Labute approximate surface area is 467 Å². The van der Waals surface area contributed by atoms with Gasteiger partial charge >= 0.3 is 414 Å². The fourth-order valence-corrected chi connectivity index (χ4v) is 13.1. The average molecular weight is 1200 g/mol. The number of pyridine rings is 1. The van der Waals surface area contributed by atoms with E-state index in [1.165, 1.54) is 37.9 Å². The molecule has 0 radical (unpaired) electrons. The van der Waals surface area contributed by atoms with Crippen LogP contribution in [0.1, 0.15) is 26.3 Å². The number of hydrogen-bond donors (Lipinski definition) is 0. The van der Waals surface area contributed by atoms with E-state index in [2.05, 4.69) is 295 Å². The minimum atomic E-state index is -0.0470. The van der Waals surface area contributed by atoms with Crippen LogP contribution in [0.4, 0.5) is 0 Å². The zero-order chi connectivity index (χ0) is 52.9. The molecule has 11 aromatic carbocycles. The first kappa shape index (κ1) is 46.9. The zero-order valence-corrected chi connectivity index (χ0v) is 45.8. The Bertz CT molecular complexity index is 4860. The van der Waals surface area contributed by atoms with Crippen molar-refractivity contribution in [3.8, 4) is 56.6 Å². The molecule has 4 aromatic heterocycles. The molecule has 7 heteroatoms. The Morgan fingerprint density at radius 3 is 1.51 bits per heavy atom. The molecule has 0 saturated heterocycles. The summed E-state index contributed by atoms with van der Waals surface area (Å²) in [6.45, 7) is 6.70. The van der Waals surface area contributed by atoms with E-state index in [0.717, 1.165) is 92.8 Å². The van der Waals surface area contributed by atoms with Crippen molar-refractivity contribution in [2.75, 3.05) is 0 Å². The first-order valence-corrected chi connectivity index (χ1v) is 27.8. The van der Waals surface area contributed by atoms with Crippen LogP contribution in [0, 0.1) is 15.9 Å². The van der Waals surface area contributed by atoms with Crippen LogP contribution in [0.15, 0.2) is 243 Å². The first-order valence-electron chi connectivity index (χ1n) is 26.7. The van der Waals surface area contributed by atoms with Gasteiger partial charge in [0.25, 0.3) is 0 Å². The number of imidazole rings is 1. The van der Waals surface area contributed by atoms with Crippen molar-refractivity contribution in [2.45, 2.75) is 26.2 Å². The van der Waals surface area contributed by atoms with E-state index in [0.29, 0.717) is 11.5 Å². The summed E-state index contributed by atoms with van der Waals surface area (Å²) < 4.78 is 17.2. The predicted molar refractivity (Wildman–Crippen MR) is 321 cm³/mol. The van der Waals surface area contributed by atoms with E-state index in [1.807, 2.05) is 18.3 Å². The Kier molecular flexibility index (Phi) is 10.9. The number of rotatable bonds is 8. The second-order valence-electron chi connectivity index (χ2n) is 21.3. The topological polar surface area (TPSA) is 41.8 Å². The molecule has 79 heavy (non-hydrogen) atoms. The van der Waals surface area contributed by atoms with Crippen molar-refractivity contribution < 1.29 is 24.1 Å². The molecule has 0 saturated carbocycles. The van der Waals surface area contributed by atoms with Crippen LogP contribution in [0.5, 0.6) is 11.5 Å². The summed E-state index contributed by atoms with van der Waals surface area (Å²) in [7, 11) is 0. The number of para-hydroxylation sites is 5. The molecule has 0 fully saturated rings. The van der Waals surface area contributed by atoms with Crippen LogP contribution in [0.2, 0.25) is 0 Å². The third kappa shape index (κ3) is 7.65. The van der Waals surface area contributed by atoms with E-state index >= 15 is 0 Å². The van der Waals surface area contributed by atoms with E-state index in [-0.39, 0.29) is 5.41 Å². The summed E-state index contributed by atoms with van der Waals surface area (Å²) in [5, 5.41) is 9.36. The SMILES string of the molecule is CC(C)(C)c1ccnc(-n2c3[c-]c(Oc4[c-]c(-n5[c](=[Pt])n(-c6c(-c7cccc8ccccc78)cc(-n7c8ccccc8c8ccccc87)cc6-c6cccc7ccccc67)c6ccccc65)ccc4)ccc3c3ccccc32)c1. The molecule has 0 atom stereocenters. The monoisotopic (exact) mass is 1190 g/mol. The minimum absolute atomic E-state index is 0.0470. The van der Waals surface area contributed by atoms with Crippen molar-refractivity contribution in [3.63, 3.8) is 0 Å². The second-order valence-corrected chi connectivity index (χ2v) is 22.3. The first-order chi connectivity index (χ1) is 38.7. The maximum atomic E-state index is 6.83. The van der Waals surface area contributed by atoms with Gasteiger partial charge in [-0.05, 0) is 17.0 Å². The molecular formula is C72H49N5OPt-2. The molecule has 380 valence electrons. The summed E-state index contributed by atoms with van der Waals surface area (Å²) in [6.07, 6.45) is 1.91. The summed E-state index contributed by atoms with van der Waals surface area (Å²) in [5.74, 6) is 2.01. The van der Waals surface area contributed by atoms with Crippen LogP contribution < -0.4 is 4.74 Å². The third-order valence-electron chi connectivity index (χ3n) is 15.6. The van der Waals surface area contributed by atoms with Crippen molar-refractivity contribution >= 4 is 76.2 Å². The zero-order valence-electron chi connectivity index (χ0n) is 43.6. The normalized spacial score (nSPS) is 12.1. The number of ether oxygens (including phenoxy) is 1. The molecule has 0 aliphatic heterocycles. The van der Waals surface area contributed by atoms with E-state index in [1.54, 1.807) is 0 Å². The fraction of sp³-hybridized carbons (Fsp3) is 0.0556. The standard InChI is InChI=1S/C72H49N5O.Pt/c1-72(2,3)49-39-40-73-70(41-49)77-66-34-13-10-29-60(66)61-38-37-53(45-69(61)77)78-52-24-18-23-50(42-52)74-46-75(68-36-15-14-35-67(68)74)71-62(56-30-16-21-47-19-4-6-25-54(47)56)43-51(44-63(71)57-31-17-22-48-20-5-7-26-55(48)57)76-64-32-11-8-27-58(64)59-28-9-12-33-65(59)76;/h4-41,43-44H,1-3H3;/q-2;. The molecule has 0 aliphatic carbocycles. The van der Waals surface area contributed by atoms with E-state index in [4.69, 9.17) is 9.72 Å². The molecule has 6 nitrogen and oxygen atoms in total. The van der Waals surface area contributed by atoms with Gasteiger partial charge in [0.15, 0.2) is 0 Å². The van der Waals surface area contributed by atoms with Gasteiger partial charge in [-0.25, -0.2) is 0 Å². The Morgan fingerprint density at radius 2 is 0.899 bits per heavy atom. The molecule has 0 spiro atoms. The van der Waals surface area contributed by atoms with Gasteiger partial charge < -0.3 is 0 Å². The van der Waals surface area contributed by atoms with E-state index < -0.39 is 0 Å². The van der Waals surface area contributed by atoms with Gasteiger partial charge in [-0.1, -0.05) is 32.9 Å². The van der Waals surface area contributed by atoms with Gasteiger partial charge in [0.05, 0.1) is 0 Å². The van der Waals surface area contributed by atoms with Crippen LogP contribution in [-0.4, -0.2) is 23.3 Å². The molecule has 15 rings (SSSR count). The maximum absolute atomic E-state index is 6.83. The average Bonchev–Trinajstić information content (AvgIpc) is 4.00. The number of hydrogen-bond acceptors (Lipinski definition) is 2. The number of nitrogens with zero attached hydrogens (tertiary/aromatic N) is 5. The van der Waals surface area contributed by atoms with Gasteiger partial charge in [-0.15, -0.1) is 0 Å². The molecular weight excluding hydrogens is 1150 g/mol. The van der Waals surface area contributed by atoms with Gasteiger partial charge in [-0.2, -0.15) is 0 Å². The van der Waals surface area contributed by atoms with Crippen molar-refractivity contribution in [2.24, 2.45) is 0 Å². The van der Waals surface area contributed by atoms with Crippen LogP contribution in [0.25, 0.3) is 121 Å². The summed E-state index contributed by atoms with van der Waals surface area (Å²) in [5.41, 5.74) is 15.0. The molecule has 0 N–H and O–H groups in total. The number of aromatic nitrogens is 5. The van der Waals surface area contributed by atoms with Gasteiger partial charge in [0.2, 0.25) is 0 Å². The van der Waals surface area contributed by atoms with Crippen LogP contribution in [-0.2, 0) is 24.8 Å². The van der Waals surface area contributed by atoms with Gasteiger partial charge in [-0.3, -0.25) is 0 Å². The Hall–Kier alpha value is -9.35. The molecule has 0 amide bonds. The fourth-order valence-electron chi connectivity index (χ4n) is 12.0. The number of fused-ring (bicyclic) bond motifs is 9. The summed E-state index contributed by atoms with van der Waals surface area (Å²) in [4.78, 5) is 4.91. The van der Waals surface area contributed by atoms with Crippen molar-refractivity contribution in [3.05, 3.63) is 264 Å². The number of benzene rings is 11. The molecule has 15 aromatic rings. The Balaban J connectivity index is 0.959. The van der Waals surface area contributed by atoms with Crippen LogP contribution >= 0.6 is 0 Å². The van der Waals surface area contributed by atoms with Crippen LogP contribution in [0.3, 0.4) is 0 Å². The predicted octanol–water partition coefficient (Wildman–Crippen LogP) is 18.4. The summed E-state index contributed by atoms with van der Waals surface area (Å²) >= 11 is 2.54.